The second-order valence-electron chi connectivity index (χ2n) is 3.79. The lowest BCUT2D eigenvalue weighted by atomic mass is 10.1. The zero-order valence-corrected chi connectivity index (χ0v) is 9.73. The predicted molar refractivity (Wildman–Crippen MR) is 64.8 cm³/mol. The van der Waals surface area contributed by atoms with Crippen molar-refractivity contribution in [2.75, 3.05) is 20.3 Å². The molecular formula is C13H15NO3. The highest BCUT2D eigenvalue weighted by atomic mass is 16.5. The Morgan fingerprint density at radius 1 is 1.41 bits per heavy atom. The highest BCUT2D eigenvalue weighted by Crippen LogP contribution is 2.20. The van der Waals surface area contributed by atoms with Gasteiger partial charge in [-0.05, 0) is 18.1 Å². The lowest BCUT2D eigenvalue weighted by Gasteiger charge is -2.03. The number of hydrogen-bond donors (Lipinski definition) is 1. The van der Waals surface area contributed by atoms with Crippen molar-refractivity contribution >= 4 is 16.9 Å². The molecule has 90 valence electrons. The molecule has 0 saturated carbocycles. The maximum absolute atomic E-state index is 11.2. The molecule has 2 rings (SSSR count). The second kappa shape index (κ2) is 5.50. The van der Waals surface area contributed by atoms with E-state index in [0.29, 0.717) is 6.54 Å². The van der Waals surface area contributed by atoms with E-state index in [9.17, 15) is 4.79 Å². The number of fused-ring (bicyclic) bond motifs is 1. The third-order valence-electron chi connectivity index (χ3n) is 2.55. The van der Waals surface area contributed by atoms with Crippen molar-refractivity contribution in [3.05, 3.63) is 36.1 Å². The summed E-state index contributed by atoms with van der Waals surface area (Å²) < 4.78 is 10.1. The number of carbonyl (C=O) groups excluding carboxylic acids is 1. The summed E-state index contributed by atoms with van der Waals surface area (Å²) in [4.78, 5) is 11.2. The normalized spacial score (nSPS) is 10.6. The molecule has 4 heteroatoms. The van der Waals surface area contributed by atoms with Crippen molar-refractivity contribution in [3.63, 3.8) is 0 Å². The Hall–Kier alpha value is -1.81. The maximum atomic E-state index is 11.2. The van der Waals surface area contributed by atoms with Crippen molar-refractivity contribution < 1.29 is 13.9 Å². The van der Waals surface area contributed by atoms with Crippen molar-refractivity contribution in [2.45, 2.75) is 6.42 Å². The van der Waals surface area contributed by atoms with Gasteiger partial charge in [0.2, 0.25) is 5.91 Å². The van der Waals surface area contributed by atoms with Crippen LogP contribution >= 0.6 is 0 Å². The molecule has 0 unspecified atom stereocenters. The fourth-order valence-corrected chi connectivity index (χ4v) is 1.75. The average Bonchev–Trinajstić information content (AvgIpc) is 2.73. The number of hydrogen-bond acceptors (Lipinski definition) is 3. The Bertz CT molecular complexity index is 504. The molecule has 1 aromatic heterocycles. The number of ether oxygens (including phenoxy) is 1. The first kappa shape index (κ1) is 11.7. The minimum absolute atomic E-state index is 0.0969. The van der Waals surface area contributed by atoms with Gasteiger partial charge >= 0.3 is 0 Å². The molecule has 2 aromatic rings. The summed E-state index contributed by atoms with van der Waals surface area (Å²) in [6.45, 7) is 0.692. The summed E-state index contributed by atoms with van der Waals surface area (Å²) in [7, 11) is 1.50. The average molecular weight is 233 g/mol. The molecule has 1 N–H and O–H groups in total. The van der Waals surface area contributed by atoms with E-state index in [4.69, 9.17) is 9.15 Å². The maximum Gasteiger partial charge on any atom is 0.245 e. The fourth-order valence-electron chi connectivity index (χ4n) is 1.75. The van der Waals surface area contributed by atoms with Gasteiger partial charge in [0.05, 0.1) is 6.26 Å². The highest BCUT2D eigenvalue weighted by Gasteiger charge is 2.05. The summed E-state index contributed by atoms with van der Waals surface area (Å²) in [5.41, 5.74) is 1.99. The molecule has 0 aliphatic heterocycles. The number of nitrogens with one attached hydrogen (secondary N) is 1. The molecule has 0 fully saturated rings. The van der Waals surface area contributed by atoms with Crippen LogP contribution in [0.3, 0.4) is 0 Å². The van der Waals surface area contributed by atoms with Crippen LogP contribution < -0.4 is 5.32 Å². The Morgan fingerprint density at radius 2 is 2.24 bits per heavy atom. The number of methoxy groups -OCH3 is 1. The molecule has 0 aliphatic carbocycles. The standard InChI is InChI=1S/C13H15NO3/c1-16-9-13(15)14-7-6-10-8-17-12-5-3-2-4-11(10)12/h2-5,8H,6-7,9H2,1H3,(H,14,15). The zero-order valence-electron chi connectivity index (χ0n) is 9.73. The minimum atomic E-state index is -0.0969. The number of benzene rings is 1. The third-order valence-corrected chi connectivity index (χ3v) is 2.55. The van der Waals surface area contributed by atoms with Gasteiger partial charge < -0.3 is 14.5 Å². The van der Waals surface area contributed by atoms with Crippen LogP contribution in [-0.4, -0.2) is 26.2 Å². The fraction of sp³-hybridized carbons (Fsp3) is 0.308. The molecular weight excluding hydrogens is 218 g/mol. The number of furan rings is 1. The van der Waals surface area contributed by atoms with E-state index in [1.54, 1.807) is 6.26 Å². The molecule has 4 nitrogen and oxygen atoms in total. The number of para-hydroxylation sites is 1. The van der Waals surface area contributed by atoms with Gasteiger partial charge in [-0.25, -0.2) is 0 Å². The lowest BCUT2D eigenvalue weighted by Crippen LogP contribution is -2.28. The molecule has 0 atom stereocenters. The molecule has 0 aliphatic rings. The largest absolute Gasteiger partial charge is 0.464 e. The first-order valence-electron chi connectivity index (χ1n) is 5.52. The molecule has 17 heavy (non-hydrogen) atoms. The molecule has 0 saturated heterocycles. The minimum Gasteiger partial charge on any atom is -0.464 e. The van der Waals surface area contributed by atoms with Gasteiger partial charge in [0.25, 0.3) is 0 Å². The van der Waals surface area contributed by atoms with E-state index in [1.807, 2.05) is 24.3 Å². The van der Waals surface area contributed by atoms with Crippen LogP contribution in [-0.2, 0) is 16.0 Å². The third kappa shape index (κ3) is 2.85. The van der Waals surface area contributed by atoms with Crippen LogP contribution in [0, 0.1) is 0 Å². The van der Waals surface area contributed by atoms with E-state index in [-0.39, 0.29) is 12.5 Å². The van der Waals surface area contributed by atoms with E-state index in [0.717, 1.165) is 23.0 Å². The molecule has 1 heterocycles. The second-order valence-corrected chi connectivity index (χ2v) is 3.79. The van der Waals surface area contributed by atoms with Gasteiger partial charge in [0, 0.05) is 19.0 Å². The molecule has 0 bridgehead atoms. The topological polar surface area (TPSA) is 51.5 Å². The van der Waals surface area contributed by atoms with Crippen LogP contribution in [0.4, 0.5) is 0 Å². The Labute approximate surface area is 99.6 Å². The predicted octanol–water partition coefficient (Wildman–Crippen LogP) is 1.74. The Morgan fingerprint density at radius 3 is 3.06 bits per heavy atom. The lowest BCUT2D eigenvalue weighted by molar-refractivity contribution is -0.124. The molecule has 0 radical (unpaired) electrons. The Balaban J connectivity index is 1.93. The van der Waals surface area contributed by atoms with Gasteiger partial charge in [0.1, 0.15) is 12.2 Å². The van der Waals surface area contributed by atoms with Crippen LogP contribution in [0.25, 0.3) is 11.0 Å². The summed E-state index contributed by atoms with van der Waals surface area (Å²) in [6, 6.07) is 7.87. The Kier molecular flexibility index (Phi) is 3.77. The van der Waals surface area contributed by atoms with Crippen molar-refractivity contribution in [1.82, 2.24) is 5.32 Å². The van der Waals surface area contributed by atoms with Gasteiger partial charge in [-0.3, -0.25) is 4.79 Å². The van der Waals surface area contributed by atoms with Gasteiger partial charge in [-0.2, -0.15) is 0 Å². The first-order valence-corrected chi connectivity index (χ1v) is 5.52. The van der Waals surface area contributed by atoms with E-state index >= 15 is 0 Å². The SMILES string of the molecule is COCC(=O)NCCc1coc2ccccc12. The number of rotatable bonds is 5. The van der Waals surface area contributed by atoms with Crippen molar-refractivity contribution in [1.29, 1.82) is 0 Å². The summed E-state index contributed by atoms with van der Waals surface area (Å²) in [5.74, 6) is -0.0969. The van der Waals surface area contributed by atoms with Crippen molar-refractivity contribution in [3.8, 4) is 0 Å². The van der Waals surface area contributed by atoms with Crippen LogP contribution in [0.1, 0.15) is 5.56 Å². The monoisotopic (exact) mass is 233 g/mol. The summed E-state index contributed by atoms with van der Waals surface area (Å²) >= 11 is 0. The first-order chi connectivity index (χ1) is 8.31. The van der Waals surface area contributed by atoms with Crippen LogP contribution in [0.5, 0.6) is 0 Å². The zero-order chi connectivity index (χ0) is 12.1. The van der Waals surface area contributed by atoms with Gasteiger partial charge in [0.15, 0.2) is 0 Å². The smallest absolute Gasteiger partial charge is 0.245 e. The van der Waals surface area contributed by atoms with Crippen molar-refractivity contribution in [2.24, 2.45) is 0 Å². The molecule has 0 spiro atoms. The highest BCUT2D eigenvalue weighted by molar-refractivity contribution is 5.81. The van der Waals surface area contributed by atoms with Crippen LogP contribution in [0.2, 0.25) is 0 Å². The quantitative estimate of drug-likeness (QED) is 0.855. The molecule has 1 aromatic carbocycles. The van der Waals surface area contributed by atoms with E-state index in [2.05, 4.69) is 5.32 Å². The van der Waals surface area contributed by atoms with Gasteiger partial charge in [-0.15, -0.1) is 0 Å². The summed E-state index contributed by atoms with van der Waals surface area (Å²) in [5, 5.41) is 3.89. The number of carbonyl (C=O) groups is 1. The van der Waals surface area contributed by atoms with Crippen LogP contribution in [0.15, 0.2) is 34.9 Å². The van der Waals surface area contributed by atoms with E-state index in [1.165, 1.54) is 7.11 Å². The molecule has 1 amide bonds. The van der Waals surface area contributed by atoms with E-state index < -0.39 is 0 Å². The summed E-state index contributed by atoms with van der Waals surface area (Å²) in [6.07, 6.45) is 2.50. The van der Waals surface area contributed by atoms with Gasteiger partial charge in [-0.1, -0.05) is 18.2 Å². The number of amides is 1.